The van der Waals surface area contributed by atoms with Gasteiger partial charge in [-0.2, -0.15) is 0 Å². The van der Waals surface area contributed by atoms with Gasteiger partial charge >= 0.3 is 5.97 Å². The van der Waals surface area contributed by atoms with E-state index in [9.17, 15) is 4.79 Å². The predicted molar refractivity (Wildman–Crippen MR) is 90.3 cm³/mol. The van der Waals surface area contributed by atoms with Gasteiger partial charge in [0.1, 0.15) is 5.60 Å². The molecule has 6 heteroatoms. The van der Waals surface area contributed by atoms with Gasteiger partial charge in [0.25, 0.3) is 5.79 Å². The third-order valence-corrected chi connectivity index (χ3v) is 3.13. The average Bonchev–Trinajstić information content (AvgIpc) is 2.52. The molecule has 0 atom stereocenters. The number of methoxy groups -OCH3 is 2. The first kappa shape index (κ1) is 20.3. The summed E-state index contributed by atoms with van der Waals surface area (Å²) >= 11 is 0. The van der Waals surface area contributed by atoms with Crippen LogP contribution in [0.3, 0.4) is 0 Å². The van der Waals surface area contributed by atoms with Crippen molar-refractivity contribution in [2.24, 2.45) is 0 Å². The van der Waals surface area contributed by atoms with E-state index < -0.39 is 17.4 Å². The fourth-order valence-electron chi connectivity index (χ4n) is 2.24. The van der Waals surface area contributed by atoms with Gasteiger partial charge < -0.3 is 23.7 Å². The molecule has 136 valence electrons. The molecule has 0 radical (unpaired) electrons. The lowest BCUT2D eigenvalue weighted by Crippen LogP contribution is -2.45. The minimum absolute atomic E-state index is 0.271. The highest BCUT2D eigenvalue weighted by Gasteiger charge is 2.46. The molecule has 0 heterocycles. The van der Waals surface area contributed by atoms with E-state index in [0.29, 0.717) is 17.1 Å². The van der Waals surface area contributed by atoms with Crippen LogP contribution >= 0.6 is 0 Å². The number of ether oxygens (including phenoxy) is 5. The van der Waals surface area contributed by atoms with E-state index in [2.05, 4.69) is 0 Å². The normalized spacial score (nSPS) is 12.0. The van der Waals surface area contributed by atoms with E-state index in [1.165, 1.54) is 7.11 Å². The van der Waals surface area contributed by atoms with Gasteiger partial charge in [-0.25, -0.2) is 4.79 Å². The summed E-state index contributed by atoms with van der Waals surface area (Å²) in [4.78, 5) is 12.9. The highest BCUT2D eigenvalue weighted by Crippen LogP contribution is 2.36. The zero-order chi connectivity index (χ0) is 18.4. The van der Waals surface area contributed by atoms with Gasteiger partial charge in [0, 0.05) is 18.8 Å². The van der Waals surface area contributed by atoms with Crippen molar-refractivity contribution in [3.63, 3.8) is 0 Å². The predicted octanol–water partition coefficient (Wildman–Crippen LogP) is 3.27. The molecule has 0 saturated heterocycles. The van der Waals surface area contributed by atoms with Gasteiger partial charge in [-0.3, -0.25) is 0 Å². The molecule has 1 aromatic rings. The van der Waals surface area contributed by atoms with Crippen LogP contribution in [0.4, 0.5) is 0 Å². The molecule has 0 aliphatic rings. The highest BCUT2D eigenvalue weighted by molar-refractivity contribution is 5.80. The Morgan fingerprint density at radius 1 is 0.958 bits per heavy atom. The van der Waals surface area contributed by atoms with Crippen molar-refractivity contribution >= 4 is 5.97 Å². The van der Waals surface area contributed by atoms with Crippen LogP contribution in [0.5, 0.6) is 11.5 Å². The van der Waals surface area contributed by atoms with E-state index in [1.54, 1.807) is 59.9 Å². The van der Waals surface area contributed by atoms with Crippen LogP contribution in [0.1, 0.15) is 40.2 Å². The maximum atomic E-state index is 12.9. The summed E-state index contributed by atoms with van der Waals surface area (Å²) in [5.41, 5.74) is -0.189. The fraction of sp³-hybridized carbons (Fsp3) is 0.611. The van der Waals surface area contributed by atoms with E-state index >= 15 is 0 Å². The molecule has 0 spiro atoms. The van der Waals surface area contributed by atoms with Crippen LogP contribution in [0.2, 0.25) is 0 Å². The molecule has 0 N–H and O–H groups in total. The van der Waals surface area contributed by atoms with Gasteiger partial charge in [0.2, 0.25) is 0 Å². The van der Waals surface area contributed by atoms with E-state index in [-0.39, 0.29) is 13.2 Å². The van der Waals surface area contributed by atoms with Crippen LogP contribution in [-0.2, 0) is 24.8 Å². The smallest absolute Gasteiger partial charge is 0.372 e. The van der Waals surface area contributed by atoms with E-state index in [1.807, 2.05) is 0 Å². The van der Waals surface area contributed by atoms with Crippen molar-refractivity contribution in [2.75, 3.05) is 27.4 Å². The Balaban J connectivity index is 3.43. The number of rotatable bonds is 8. The first-order valence-electron chi connectivity index (χ1n) is 7.97. The quantitative estimate of drug-likeness (QED) is 0.535. The molecular formula is C18H28O6. The molecule has 0 amide bonds. The molecule has 0 aliphatic heterocycles. The minimum Gasteiger partial charge on any atom is -0.493 e. The second-order valence-electron chi connectivity index (χ2n) is 6.05. The standard InChI is InChI=1S/C18H28O6/c1-8-22-18(23-9-2,16(19)24-17(3,4)5)13-10-11-14(20-6)15(12-13)21-7/h10-12H,8-9H2,1-7H3. The second kappa shape index (κ2) is 8.35. The van der Waals surface area contributed by atoms with Gasteiger partial charge in [0.05, 0.1) is 14.2 Å². The summed E-state index contributed by atoms with van der Waals surface area (Å²) in [6, 6.07) is 5.07. The van der Waals surface area contributed by atoms with Crippen molar-refractivity contribution in [3.8, 4) is 11.5 Å². The Bertz CT molecular complexity index is 541. The maximum Gasteiger partial charge on any atom is 0.372 e. The van der Waals surface area contributed by atoms with Gasteiger partial charge in [-0.15, -0.1) is 0 Å². The third kappa shape index (κ3) is 4.61. The Morgan fingerprint density at radius 2 is 1.50 bits per heavy atom. The summed E-state index contributed by atoms with van der Waals surface area (Å²) in [5, 5.41) is 0. The van der Waals surface area contributed by atoms with Crippen LogP contribution < -0.4 is 9.47 Å². The van der Waals surface area contributed by atoms with Crippen LogP contribution in [0.25, 0.3) is 0 Å². The van der Waals surface area contributed by atoms with Crippen molar-refractivity contribution in [3.05, 3.63) is 23.8 Å². The molecule has 0 bridgehead atoms. The first-order chi connectivity index (χ1) is 11.2. The third-order valence-electron chi connectivity index (χ3n) is 3.13. The molecular weight excluding hydrogens is 312 g/mol. The maximum absolute atomic E-state index is 12.9. The van der Waals surface area contributed by atoms with Crippen LogP contribution in [0.15, 0.2) is 18.2 Å². The number of benzene rings is 1. The minimum atomic E-state index is -1.66. The SMILES string of the molecule is CCOC(OCC)(C(=O)OC(C)(C)C)c1ccc(OC)c(OC)c1. The van der Waals surface area contributed by atoms with Crippen LogP contribution in [-0.4, -0.2) is 39.0 Å². The summed E-state index contributed by atoms with van der Waals surface area (Å²) in [7, 11) is 3.07. The topological polar surface area (TPSA) is 63.2 Å². The fourth-order valence-corrected chi connectivity index (χ4v) is 2.24. The lowest BCUT2D eigenvalue weighted by atomic mass is 10.0. The average molecular weight is 340 g/mol. The molecule has 1 aromatic carbocycles. The molecule has 1 rings (SSSR count). The lowest BCUT2D eigenvalue weighted by molar-refractivity contribution is -0.259. The Hall–Kier alpha value is -1.79. The number of carbonyl (C=O) groups excluding carboxylic acids is 1. The number of hydrogen-bond donors (Lipinski definition) is 0. The molecule has 0 fully saturated rings. The zero-order valence-electron chi connectivity index (χ0n) is 15.6. The Labute approximate surface area is 144 Å². The van der Waals surface area contributed by atoms with E-state index in [0.717, 1.165) is 0 Å². The monoisotopic (exact) mass is 340 g/mol. The van der Waals surface area contributed by atoms with Gasteiger partial charge in [0.15, 0.2) is 11.5 Å². The first-order valence-corrected chi connectivity index (χ1v) is 7.97. The molecule has 0 aromatic heterocycles. The van der Waals surface area contributed by atoms with Crippen molar-refractivity contribution in [2.45, 2.75) is 46.0 Å². The second-order valence-corrected chi connectivity index (χ2v) is 6.05. The molecule has 24 heavy (non-hydrogen) atoms. The Kier molecular flexibility index (Phi) is 7.05. The highest BCUT2D eigenvalue weighted by atomic mass is 16.7. The Morgan fingerprint density at radius 3 is 1.92 bits per heavy atom. The summed E-state index contributed by atoms with van der Waals surface area (Å²) in [6.07, 6.45) is 0. The summed E-state index contributed by atoms with van der Waals surface area (Å²) in [6.45, 7) is 9.51. The molecule has 6 nitrogen and oxygen atoms in total. The van der Waals surface area contributed by atoms with E-state index in [4.69, 9.17) is 23.7 Å². The molecule has 0 saturated carbocycles. The largest absolute Gasteiger partial charge is 0.493 e. The van der Waals surface area contributed by atoms with Crippen molar-refractivity contribution in [1.82, 2.24) is 0 Å². The lowest BCUT2D eigenvalue weighted by Gasteiger charge is -2.34. The van der Waals surface area contributed by atoms with Gasteiger partial charge in [-0.1, -0.05) is 0 Å². The summed E-state index contributed by atoms with van der Waals surface area (Å²) in [5.74, 6) is -1.24. The number of carbonyl (C=O) groups is 1. The van der Waals surface area contributed by atoms with Crippen molar-refractivity contribution < 1.29 is 28.5 Å². The van der Waals surface area contributed by atoms with Crippen molar-refractivity contribution in [1.29, 1.82) is 0 Å². The number of hydrogen-bond acceptors (Lipinski definition) is 6. The zero-order valence-corrected chi connectivity index (χ0v) is 15.6. The van der Waals surface area contributed by atoms with Crippen LogP contribution in [0, 0.1) is 0 Å². The molecule has 0 unspecified atom stereocenters. The summed E-state index contributed by atoms with van der Waals surface area (Å²) < 4.78 is 27.6. The number of esters is 1. The van der Waals surface area contributed by atoms with Gasteiger partial charge in [-0.05, 0) is 52.8 Å². The molecule has 0 aliphatic carbocycles.